The number of hydrogen-bond acceptors (Lipinski definition) is 7. The van der Waals surface area contributed by atoms with Crippen molar-refractivity contribution in [2.45, 2.75) is 38.7 Å². The van der Waals surface area contributed by atoms with Gasteiger partial charge in [0.2, 0.25) is 0 Å². The van der Waals surface area contributed by atoms with E-state index >= 15 is 0 Å². The Morgan fingerprint density at radius 3 is 2.16 bits per heavy atom. The fourth-order valence-electron chi connectivity index (χ4n) is 4.34. The second-order valence-corrected chi connectivity index (χ2v) is 8.01. The second-order valence-electron chi connectivity index (χ2n) is 8.01. The first-order chi connectivity index (χ1) is 15.4. The Morgan fingerprint density at radius 1 is 1.00 bits per heavy atom. The predicted molar refractivity (Wildman–Crippen MR) is 122 cm³/mol. The van der Waals surface area contributed by atoms with Crippen molar-refractivity contribution in [1.29, 1.82) is 0 Å². The summed E-state index contributed by atoms with van der Waals surface area (Å²) in [5.74, 6) is -3.55. The number of nitrogens with one attached hydrogen (secondary N) is 1. The first-order valence-electron chi connectivity index (χ1n) is 10.9. The summed E-state index contributed by atoms with van der Waals surface area (Å²) in [7, 11) is 0. The van der Waals surface area contributed by atoms with Crippen LogP contribution in [-0.2, 0) is 19.1 Å². The number of para-hydroxylation sites is 1. The minimum atomic E-state index is -1.48. The molecular formula is C25H30N2O5. The first-order valence-corrected chi connectivity index (χ1v) is 10.9. The van der Waals surface area contributed by atoms with Crippen LogP contribution in [0.5, 0.6) is 0 Å². The zero-order chi connectivity index (χ0) is 23.1. The van der Waals surface area contributed by atoms with Crippen LogP contribution >= 0.6 is 0 Å². The lowest BCUT2D eigenvalue weighted by molar-refractivity contribution is -0.163. The topological polar surface area (TPSA) is 97.2 Å². The predicted octanol–water partition coefficient (Wildman–Crippen LogP) is 3.75. The molecule has 170 valence electrons. The van der Waals surface area contributed by atoms with Gasteiger partial charge in [0.1, 0.15) is 5.92 Å². The summed E-state index contributed by atoms with van der Waals surface area (Å²) >= 11 is 0. The first kappa shape index (κ1) is 23.5. The van der Waals surface area contributed by atoms with Gasteiger partial charge in [-0.2, -0.15) is 5.10 Å². The Labute approximate surface area is 188 Å². The Kier molecular flexibility index (Phi) is 7.64. The molecule has 2 aromatic carbocycles. The van der Waals surface area contributed by atoms with Gasteiger partial charge in [0.15, 0.2) is 0 Å². The SMILES string of the molecule is CCOC(=O)[C@@H]1C(=NNc2ccccc2)C[C@](C)(O)[C@@H](C(=O)OCC)[C@@H]1c1ccccc1. The van der Waals surface area contributed by atoms with E-state index in [1.165, 1.54) is 0 Å². The van der Waals surface area contributed by atoms with E-state index in [1.54, 1.807) is 20.8 Å². The summed E-state index contributed by atoms with van der Waals surface area (Å²) < 4.78 is 10.7. The van der Waals surface area contributed by atoms with Crippen molar-refractivity contribution in [2.75, 3.05) is 18.6 Å². The molecule has 1 fully saturated rings. The minimum Gasteiger partial charge on any atom is -0.466 e. The molecule has 0 aromatic heterocycles. The maximum atomic E-state index is 13.2. The molecule has 0 spiro atoms. The molecule has 0 aliphatic heterocycles. The standard InChI is InChI=1S/C25H30N2O5/c1-4-31-23(28)21-19(27-26-18-14-10-7-11-15-18)16-25(3,30)22(24(29)32-5-2)20(21)17-12-8-6-9-13-17/h6-15,20-22,26,30H,4-5,16H2,1-3H3/t20-,21-,22-,25+/m1/s1. The summed E-state index contributed by atoms with van der Waals surface area (Å²) in [6.07, 6.45) is 0.0170. The van der Waals surface area contributed by atoms with Crippen LogP contribution < -0.4 is 5.43 Å². The zero-order valence-corrected chi connectivity index (χ0v) is 18.7. The molecule has 1 aliphatic rings. The van der Waals surface area contributed by atoms with Gasteiger partial charge in [-0.05, 0) is 38.5 Å². The number of esters is 2. The lowest BCUT2D eigenvalue weighted by Gasteiger charge is -2.45. The Morgan fingerprint density at radius 2 is 1.56 bits per heavy atom. The van der Waals surface area contributed by atoms with Crippen LogP contribution in [0, 0.1) is 11.8 Å². The van der Waals surface area contributed by atoms with Crippen molar-refractivity contribution in [3.05, 3.63) is 66.2 Å². The highest BCUT2D eigenvalue weighted by Gasteiger charge is 2.56. The highest BCUT2D eigenvalue weighted by molar-refractivity contribution is 6.06. The normalized spacial score (nSPS) is 26.4. The Balaban J connectivity index is 2.12. The molecule has 0 heterocycles. The van der Waals surface area contributed by atoms with Crippen molar-refractivity contribution >= 4 is 23.3 Å². The van der Waals surface area contributed by atoms with E-state index in [4.69, 9.17) is 9.47 Å². The van der Waals surface area contributed by atoms with E-state index in [1.807, 2.05) is 60.7 Å². The quantitative estimate of drug-likeness (QED) is 0.505. The van der Waals surface area contributed by atoms with Gasteiger partial charge in [0, 0.05) is 12.3 Å². The second kappa shape index (κ2) is 10.4. The third kappa shape index (κ3) is 5.16. The minimum absolute atomic E-state index is 0.0170. The monoisotopic (exact) mass is 438 g/mol. The van der Waals surface area contributed by atoms with Gasteiger partial charge in [-0.3, -0.25) is 15.0 Å². The molecule has 0 amide bonds. The molecule has 4 atom stereocenters. The van der Waals surface area contributed by atoms with Crippen LogP contribution in [0.25, 0.3) is 0 Å². The lowest BCUT2D eigenvalue weighted by atomic mass is 9.61. The largest absolute Gasteiger partial charge is 0.466 e. The van der Waals surface area contributed by atoms with E-state index in [9.17, 15) is 14.7 Å². The summed E-state index contributed by atoms with van der Waals surface area (Å²) in [5, 5.41) is 15.9. The molecule has 7 nitrogen and oxygen atoms in total. The van der Waals surface area contributed by atoms with Crippen LogP contribution in [0.15, 0.2) is 65.8 Å². The van der Waals surface area contributed by atoms with Crippen LogP contribution in [0.4, 0.5) is 5.69 Å². The van der Waals surface area contributed by atoms with Crippen molar-refractivity contribution < 1.29 is 24.2 Å². The van der Waals surface area contributed by atoms with Crippen LogP contribution in [0.3, 0.4) is 0 Å². The number of nitrogens with zero attached hydrogens (tertiary/aromatic N) is 1. The van der Waals surface area contributed by atoms with Crippen molar-refractivity contribution in [1.82, 2.24) is 0 Å². The van der Waals surface area contributed by atoms with Crippen molar-refractivity contribution in [2.24, 2.45) is 16.9 Å². The molecule has 0 saturated heterocycles. The molecule has 0 radical (unpaired) electrons. The van der Waals surface area contributed by atoms with Gasteiger partial charge in [-0.1, -0.05) is 48.5 Å². The average Bonchev–Trinajstić information content (AvgIpc) is 2.78. The molecule has 32 heavy (non-hydrogen) atoms. The summed E-state index contributed by atoms with van der Waals surface area (Å²) in [6.45, 7) is 5.40. The molecule has 1 saturated carbocycles. The van der Waals surface area contributed by atoms with E-state index < -0.39 is 35.3 Å². The highest BCUT2D eigenvalue weighted by atomic mass is 16.5. The average molecular weight is 439 g/mol. The number of benzene rings is 2. The van der Waals surface area contributed by atoms with Gasteiger partial charge >= 0.3 is 11.9 Å². The Hall–Kier alpha value is -3.19. The van der Waals surface area contributed by atoms with Gasteiger partial charge in [0.05, 0.1) is 36.1 Å². The van der Waals surface area contributed by atoms with Crippen LogP contribution in [-0.4, -0.2) is 41.6 Å². The lowest BCUT2D eigenvalue weighted by Crippen LogP contribution is -2.55. The van der Waals surface area contributed by atoms with Crippen molar-refractivity contribution in [3.63, 3.8) is 0 Å². The van der Waals surface area contributed by atoms with E-state index in [0.717, 1.165) is 11.3 Å². The molecule has 0 bridgehead atoms. The van der Waals surface area contributed by atoms with Gasteiger partial charge < -0.3 is 14.6 Å². The van der Waals surface area contributed by atoms with Crippen molar-refractivity contribution in [3.8, 4) is 0 Å². The Bertz CT molecular complexity index is 943. The summed E-state index contributed by atoms with van der Waals surface area (Å²) in [4.78, 5) is 26.2. The summed E-state index contributed by atoms with van der Waals surface area (Å²) in [6, 6.07) is 18.5. The number of carbonyl (C=O) groups is 2. The smallest absolute Gasteiger partial charge is 0.315 e. The van der Waals surface area contributed by atoms with Crippen LogP contribution in [0.2, 0.25) is 0 Å². The maximum Gasteiger partial charge on any atom is 0.315 e. The molecular weight excluding hydrogens is 408 g/mol. The summed E-state index contributed by atoms with van der Waals surface area (Å²) in [5.41, 5.74) is 3.39. The van der Waals surface area contributed by atoms with Gasteiger partial charge in [-0.15, -0.1) is 0 Å². The molecule has 1 aliphatic carbocycles. The number of ether oxygens (including phenoxy) is 2. The number of carbonyl (C=O) groups excluding carboxylic acids is 2. The molecule has 2 aromatic rings. The number of rotatable bonds is 7. The van der Waals surface area contributed by atoms with Crippen LogP contribution in [0.1, 0.15) is 38.7 Å². The molecule has 3 rings (SSSR count). The van der Waals surface area contributed by atoms with E-state index in [-0.39, 0.29) is 19.6 Å². The van der Waals surface area contributed by atoms with E-state index in [2.05, 4.69) is 10.5 Å². The number of hydrazone groups is 1. The highest BCUT2D eigenvalue weighted by Crippen LogP contribution is 2.47. The van der Waals surface area contributed by atoms with Gasteiger partial charge in [-0.25, -0.2) is 0 Å². The molecule has 0 unspecified atom stereocenters. The maximum absolute atomic E-state index is 13.2. The van der Waals surface area contributed by atoms with E-state index in [0.29, 0.717) is 5.71 Å². The fraction of sp³-hybridized carbons (Fsp3) is 0.400. The number of hydrogen-bond donors (Lipinski definition) is 2. The zero-order valence-electron chi connectivity index (χ0n) is 18.7. The third-order valence-corrected chi connectivity index (χ3v) is 5.65. The van der Waals surface area contributed by atoms with Gasteiger partial charge in [0.25, 0.3) is 0 Å². The molecule has 7 heteroatoms. The fourth-order valence-corrected chi connectivity index (χ4v) is 4.34. The third-order valence-electron chi connectivity index (χ3n) is 5.65. The number of anilines is 1. The molecule has 2 N–H and O–H groups in total. The number of aliphatic hydroxyl groups is 1.